The third-order valence-electron chi connectivity index (χ3n) is 4.29. The molecular weight excluding hydrogens is 404 g/mol. The Morgan fingerprint density at radius 2 is 2.07 bits per heavy atom. The number of nitrogens with one attached hydrogen (secondary N) is 1. The van der Waals surface area contributed by atoms with Gasteiger partial charge in [0.05, 0.1) is 18.6 Å². The summed E-state index contributed by atoms with van der Waals surface area (Å²) in [6.45, 7) is 0.399. The van der Waals surface area contributed by atoms with E-state index in [0.29, 0.717) is 23.2 Å². The molecule has 152 valence electrons. The molecule has 10 heteroatoms. The third kappa shape index (κ3) is 4.33. The number of carbonyl (C=O) groups excluding carboxylic acids is 2. The number of hydrogen-bond donors (Lipinski definition) is 1. The van der Waals surface area contributed by atoms with E-state index in [1.54, 1.807) is 54.7 Å². The third-order valence-corrected chi connectivity index (χ3v) is 5.26. The Morgan fingerprint density at radius 3 is 2.77 bits per heavy atom. The molecule has 0 radical (unpaired) electrons. The van der Waals surface area contributed by atoms with Gasteiger partial charge in [-0.15, -0.1) is 10.2 Å². The van der Waals surface area contributed by atoms with Crippen molar-refractivity contribution >= 4 is 23.6 Å². The van der Waals surface area contributed by atoms with Gasteiger partial charge in [0.15, 0.2) is 11.0 Å². The second-order valence-electron chi connectivity index (χ2n) is 6.38. The highest BCUT2D eigenvalue weighted by atomic mass is 32.2. The number of rotatable bonds is 7. The van der Waals surface area contributed by atoms with Crippen molar-refractivity contribution in [3.05, 3.63) is 72.7 Å². The molecule has 0 bridgehead atoms. The van der Waals surface area contributed by atoms with Crippen molar-refractivity contribution < 1.29 is 14.0 Å². The van der Waals surface area contributed by atoms with Crippen LogP contribution >= 0.6 is 11.8 Å². The summed E-state index contributed by atoms with van der Waals surface area (Å²) in [5, 5.41) is 11.4. The number of carbonyl (C=O) groups is 2. The first kappa shape index (κ1) is 19.6. The molecule has 0 unspecified atom stereocenters. The van der Waals surface area contributed by atoms with Crippen LogP contribution in [-0.2, 0) is 18.4 Å². The molecule has 0 fully saturated rings. The summed E-state index contributed by atoms with van der Waals surface area (Å²) in [5.74, 6) is 0.495. The van der Waals surface area contributed by atoms with Gasteiger partial charge in [-0.05, 0) is 36.4 Å². The van der Waals surface area contributed by atoms with Gasteiger partial charge in [-0.2, -0.15) is 0 Å². The fourth-order valence-corrected chi connectivity index (χ4v) is 3.60. The summed E-state index contributed by atoms with van der Waals surface area (Å²) in [6, 6.07) is 10.7. The van der Waals surface area contributed by atoms with E-state index in [-0.39, 0.29) is 5.75 Å². The lowest BCUT2D eigenvalue weighted by Gasteiger charge is -2.09. The molecule has 0 saturated heterocycles. The molecule has 0 aromatic carbocycles. The van der Waals surface area contributed by atoms with Crippen LogP contribution in [0.25, 0.3) is 11.4 Å². The molecule has 9 nitrogen and oxygen atoms in total. The summed E-state index contributed by atoms with van der Waals surface area (Å²) in [4.78, 5) is 28.6. The number of aromatic nitrogens is 5. The van der Waals surface area contributed by atoms with Gasteiger partial charge >= 0.3 is 0 Å². The number of furan rings is 1. The van der Waals surface area contributed by atoms with E-state index < -0.39 is 11.8 Å². The van der Waals surface area contributed by atoms with E-state index in [0.717, 1.165) is 11.3 Å². The number of nitrogens with zero attached hydrogens (tertiary/aromatic N) is 5. The number of imide groups is 1. The van der Waals surface area contributed by atoms with Crippen molar-refractivity contribution in [2.45, 2.75) is 11.7 Å². The van der Waals surface area contributed by atoms with Crippen molar-refractivity contribution in [2.75, 3.05) is 5.75 Å². The van der Waals surface area contributed by atoms with Gasteiger partial charge in [0.2, 0.25) is 5.91 Å². The molecule has 0 spiro atoms. The minimum atomic E-state index is -0.443. The van der Waals surface area contributed by atoms with Gasteiger partial charge in [-0.1, -0.05) is 11.8 Å². The Balaban J connectivity index is 1.49. The Hall–Kier alpha value is -3.66. The number of hydrogen-bond acceptors (Lipinski definition) is 7. The molecule has 2 amide bonds. The van der Waals surface area contributed by atoms with Gasteiger partial charge < -0.3 is 8.98 Å². The highest BCUT2D eigenvalue weighted by Crippen LogP contribution is 2.24. The van der Waals surface area contributed by atoms with Crippen molar-refractivity contribution in [3.63, 3.8) is 0 Å². The van der Waals surface area contributed by atoms with Crippen LogP contribution in [0.15, 0.2) is 70.8 Å². The summed E-state index contributed by atoms with van der Waals surface area (Å²) >= 11 is 1.19. The second kappa shape index (κ2) is 8.78. The van der Waals surface area contributed by atoms with E-state index >= 15 is 0 Å². The molecule has 0 saturated carbocycles. The van der Waals surface area contributed by atoms with Crippen molar-refractivity contribution in [1.29, 1.82) is 0 Å². The largest absolute Gasteiger partial charge is 0.467 e. The van der Waals surface area contributed by atoms with Crippen LogP contribution in [0, 0.1) is 0 Å². The van der Waals surface area contributed by atoms with Crippen LogP contribution in [0.1, 0.15) is 16.2 Å². The zero-order chi connectivity index (χ0) is 20.9. The smallest absolute Gasteiger partial charge is 0.274 e. The monoisotopic (exact) mass is 422 g/mol. The first-order valence-corrected chi connectivity index (χ1v) is 10.0. The van der Waals surface area contributed by atoms with E-state index in [1.165, 1.54) is 11.8 Å². The molecule has 4 aromatic rings. The van der Waals surface area contributed by atoms with E-state index in [2.05, 4.69) is 20.5 Å². The molecule has 4 rings (SSSR count). The zero-order valence-electron chi connectivity index (χ0n) is 16.1. The van der Waals surface area contributed by atoms with Crippen molar-refractivity contribution in [3.8, 4) is 11.4 Å². The van der Waals surface area contributed by atoms with Gasteiger partial charge in [0.25, 0.3) is 5.91 Å². The molecular formula is C20H18N6O3S. The summed E-state index contributed by atoms with van der Waals surface area (Å²) in [5.41, 5.74) is 1.21. The Kier molecular flexibility index (Phi) is 5.75. The zero-order valence-corrected chi connectivity index (χ0v) is 16.9. The van der Waals surface area contributed by atoms with Crippen molar-refractivity contribution in [1.82, 2.24) is 29.6 Å². The number of aryl methyl sites for hydroxylation is 1. The maximum absolute atomic E-state index is 12.3. The van der Waals surface area contributed by atoms with Crippen LogP contribution in [0.5, 0.6) is 0 Å². The SMILES string of the molecule is Cn1cccc1C(=O)NC(=O)CSc1nnc(-c2cccnc2)n1Cc1ccco1. The molecule has 4 heterocycles. The highest BCUT2D eigenvalue weighted by Gasteiger charge is 2.18. The highest BCUT2D eigenvalue weighted by molar-refractivity contribution is 7.99. The molecule has 0 aliphatic carbocycles. The van der Waals surface area contributed by atoms with Crippen LogP contribution in [0.4, 0.5) is 0 Å². The predicted octanol–water partition coefficient (Wildman–Crippen LogP) is 2.37. The molecule has 30 heavy (non-hydrogen) atoms. The number of pyridine rings is 1. The lowest BCUT2D eigenvalue weighted by molar-refractivity contribution is -0.117. The van der Waals surface area contributed by atoms with Crippen molar-refractivity contribution in [2.24, 2.45) is 7.05 Å². The maximum atomic E-state index is 12.3. The average Bonchev–Trinajstić information content (AvgIpc) is 3.49. The van der Waals surface area contributed by atoms with Gasteiger partial charge in [-0.3, -0.25) is 24.5 Å². The van der Waals surface area contributed by atoms with Gasteiger partial charge in [0.1, 0.15) is 11.5 Å². The maximum Gasteiger partial charge on any atom is 0.274 e. The van der Waals surface area contributed by atoms with Crippen LogP contribution in [0.2, 0.25) is 0 Å². The van der Waals surface area contributed by atoms with E-state index in [9.17, 15) is 9.59 Å². The summed E-state index contributed by atoms with van der Waals surface area (Å²) in [7, 11) is 1.74. The first-order chi connectivity index (χ1) is 14.6. The Bertz CT molecular complexity index is 1150. The number of thioether (sulfide) groups is 1. The molecule has 4 aromatic heterocycles. The summed E-state index contributed by atoms with van der Waals surface area (Å²) in [6.07, 6.45) is 6.72. The lowest BCUT2D eigenvalue weighted by Crippen LogP contribution is -2.33. The second-order valence-corrected chi connectivity index (χ2v) is 7.33. The topological polar surface area (TPSA) is 108 Å². The average molecular weight is 422 g/mol. The summed E-state index contributed by atoms with van der Waals surface area (Å²) < 4.78 is 8.96. The van der Waals surface area contributed by atoms with Gasteiger partial charge in [-0.25, -0.2) is 0 Å². The minimum absolute atomic E-state index is 0.0134. The predicted molar refractivity (Wildman–Crippen MR) is 110 cm³/mol. The number of amides is 2. The quantitative estimate of drug-likeness (QED) is 0.456. The Morgan fingerprint density at radius 1 is 1.17 bits per heavy atom. The fraction of sp³-hybridized carbons (Fsp3) is 0.150. The standard InChI is InChI=1S/C20H18N6O3S/c1-25-9-3-7-16(25)19(28)22-17(27)13-30-20-24-23-18(14-5-2-8-21-11-14)26(20)12-15-6-4-10-29-15/h2-11H,12-13H2,1H3,(H,22,27,28). The molecule has 0 atom stereocenters. The lowest BCUT2D eigenvalue weighted by atomic mass is 10.2. The first-order valence-electron chi connectivity index (χ1n) is 9.06. The minimum Gasteiger partial charge on any atom is -0.467 e. The van der Waals surface area contributed by atoms with Crippen LogP contribution in [0.3, 0.4) is 0 Å². The molecule has 0 aliphatic heterocycles. The van der Waals surface area contributed by atoms with Crippen LogP contribution in [-0.4, -0.2) is 41.9 Å². The van der Waals surface area contributed by atoms with E-state index in [4.69, 9.17) is 4.42 Å². The molecule has 0 aliphatic rings. The van der Waals surface area contributed by atoms with E-state index in [1.807, 2.05) is 22.8 Å². The fourth-order valence-electron chi connectivity index (χ4n) is 2.86. The van der Waals surface area contributed by atoms with Crippen LogP contribution < -0.4 is 5.32 Å². The Labute approximate surface area is 176 Å². The van der Waals surface area contributed by atoms with Gasteiger partial charge in [0, 0.05) is 31.2 Å². The normalized spacial score (nSPS) is 10.8. The molecule has 1 N–H and O–H groups in total.